The molecule has 0 aromatic heterocycles. The minimum Gasteiger partial charge on any atom is -0.487 e. The van der Waals surface area contributed by atoms with E-state index in [9.17, 15) is 12.8 Å². The normalized spacial score (nSPS) is 24.7. The Bertz CT molecular complexity index is 686. The fourth-order valence-electron chi connectivity index (χ4n) is 3.48. The molecule has 148 valence electrons. The number of hydrogen-bond acceptors (Lipinski definition) is 5. The highest BCUT2D eigenvalue weighted by Crippen LogP contribution is 2.29. The molecule has 0 bridgehead atoms. The van der Waals surface area contributed by atoms with Crippen molar-refractivity contribution in [3.63, 3.8) is 0 Å². The molecule has 1 saturated heterocycles. The molecule has 1 aliphatic heterocycles. The molecule has 26 heavy (non-hydrogen) atoms. The largest absolute Gasteiger partial charge is 0.487 e. The third-order valence-corrected chi connectivity index (χ3v) is 6.03. The van der Waals surface area contributed by atoms with Crippen molar-refractivity contribution in [2.45, 2.75) is 61.7 Å². The molecule has 0 radical (unpaired) electrons. The Labute approximate surface area is 161 Å². The van der Waals surface area contributed by atoms with Gasteiger partial charge in [-0.2, -0.15) is 0 Å². The maximum absolute atomic E-state index is 14.1. The number of nitrogens with one attached hydrogen (secondary N) is 1. The Morgan fingerprint density at radius 1 is 1.00 bits per heavy atom. The van der Waals surface area contributed by atoms with Gasteiger partial charge in [-0.3, -0.25) is 0 Å². The molecular weight excluding hydrogens is 381 g/mol. The van der Waals surface area contributed by atoms with E-state index >= 15 is 0 Å². The Hall–Kier alpha value is -0.890. The highest BCUT2D eigenvalue weighted by molar-refractivity contribution is 7.90. The predicted octanol–water partition coefficient (Wildman–Crippen LogP) is 3.11. The van der Waals surface area contributed by atoms with Crippen LogP contribution in [-0.2, 0) is 14.6 Å². The van der Waals surface area contributed by atoms with Crippen molar-refractivity contribution in [3.8, 4) is 5.75 Å². The molecule has 1 aliphatic carbocycles. The van der Waals surface area contributed by atoms with E-state index in [1.165, 1.54) is 12.1 Å². The first-order valence-electron chi connectivity index (χ1n) is 8.94. The molecule has 1 N–H and O–H groups in total. The van der Waals surface area contributed by atoms with Gasteiger partial charge in [0.15, 0.2) is 21.4 Å². The molecule has 1 aromatic rings. The van der Waals surface area contributed by atoms with E-state index < -0.39 is 15.7 Å². The van der Waals surface area contributed by atoms with E-state index in [1.807, 2.05) is 0 Å². The monoisotopic (exact) mass is 407 g/mol. The van der Waals surface area contributed by atoms with Crippen molar-refractivity contribution >= 4 is 22.2 Å². The summed E-state index contributed by atoms with van der Waals surface area (Å²) in [6, 6.07) is 3.82. The number of halogens is 2. The quantitative estimate of drug-likeness (QED) is 0.812. The number of benzene rings is 1. The van der Waals surface area contributed by atoms with Gasteiger partial charge in [-0.15, -0.1) is 12.4 Å². The van der Waals surface area contributed by atoms with Crippen LogP contribution < -0.4 is 10.1 Å². The number of piperidine rings is 1. The molecule has 3 rings (SSSR count). The van der Waals surface area contributed by atoms with Gasteiger partial charge in [-0.1, -0.05) is 0 Å². The van der Waals surface area contributed by atoms with Gasteiger partial charge in [0.25, 0.3) is 0 Å². The molecule has 1 saturated carbocycles. The lowest BCUT2D eigenvalue weighted by atomic mass is 9.94. The number of hydrogen-bond donors (Lipinski definition) is 1. The van der Waals surface area contributed by atoms with Crippen LogP contribution in [0.25, 0.3) is 0 Å². The number of sulfone groups is 1. The molecule has 2 aliphatic rings. The van der Waals surface area contributed by atoms with Crippen LogP contribution in [0.4, 0.5) is 4.39 Å². The van der Waals surface area contributed by atoms with Crippen LogP contribution in [0.5, 0.6) is 5.75 Å². The van der Waals surface area contributed by atoms with Gasteiger partial charge in [-0.25, -0.2) is 12.8 Å². The van der Waals surface area contributed by atoms with Gasteiger partial charge in [0, 0.05) is 6.26 Å². The van der Waals surface area contributed by atoms with Crippen LogP contribution in [0.15, 0.2) is 23.1 Å². The standard InChI is InChI=1S/C18H26FNO4S.ClH/c1-25(21,22)16-6-7-18(17(19)12-16)24-14-4-2-13(3-5-14)23-15-8-10-20-11-9-15;/h6-7,12-15,20H,2-5,8-11H2,1H3;1H. The zero-order chi connectivity index (χ0) is 17.9. The van der Waals surface area contributed by atoms with Gasteiger partial charge in [-0.05, 0) is 69.8 Å². The second kappa shape index (κ2) is 9.35. The van der Waals surface area contributed by atoms with Crippen LogP contribution >= 0.6 is 12.4 Å². The minimum absolute atomic E-state index is 0. The summed E-state index contributed by atoms with van der Waals surface area (Å²) in [5, 5.41) is 3.33. The van der Waals surface area contributed by atoms with Crippen LogP contribution in [0.1, 0.15) is 38.5 Å². The van der Waals surface area contributed by atoms with Gasteiger partial charge in [0.2, 0.25) is 0 Å². The topological polar surface area (TPSA) is 64.6 Å². The first-order valence-corrected chi connectivity index (χ1v) is 10.8. The maximum atomic E-state index is 14.1. The second-order valence-electron chi connectivity index (χ2n) is 6.97. The van der Waals surface area contributed by atoms with Crippen molar-refractivity contribution in [2.24, 2.45) is 0 Å². The fourth-order valence-corrected chi connectivity index (χ4v) is 4.11. The zero-order valence-corrected chi connectivity index (χ0v) is 16.6. The lowest BCUT2D eigenvalue weighted by molar-refractivity contribution is -0.0550. The highest BCUT2D eigenvalue weighted by Gasteiger charge is 2.26. The SMILES string of the molecule is CS(=O)(=O)c1ccc(OC2CCC(OC3CCNCC3)CC2)c(F)c1.Cl. The van der Waals surface area contributed by atoms with Crippen LogP contribution in [-0.4, -0.2) is 46.1 Å². The molecule has 8 heteroatoms. The summed E-state index contributed by atoms with van der Waals surface area (Å²) in [6.07, 6.45) is 7.23. The molecule has 2 fully saturated rings. The van der Waals surface area contributed by atoms with Crippen LogP contribution in [0.2, 0.25) is 0 Å². The van der Waals surface area contributed by atoms with Crippen LogP contribution in [0.3, 0.4) is 0 Å². The molecule has 0 atom stereocenters. The average Bonchev–Trinajstić information content (AvgIpc) is 2.58. The Morgan fingerprint density at radius 3 is 2.15 bits per heavy atom. The summed E-state index contributed by atoms with van der Waals surface area (Å²) in [5.41, 5.74) is 0. The Kier molecular flexibility index (Phi) is 7.70. The second-order valence-corrected chi connectivity index (χ2v) is 8.98. The lowest BCUT2D eigenvalue weighted by Crippen LogP contribution is -2.37. The molecule has 1 aromatic carbocycles. The van der Waals surface area contributed by atoms with Gasteiger partial charge in [0.05, 0.1) is 23.2 Å². The summed E-state index contributed by atoms with van der Waals surface area (Å²) < 4.78 is 49.0. The first-order chi connectivity index (χ1) is 11.9. The van der Waals surface area contributed by atoms with Crippen molar-refractivity contribution in [2.75, 3.05) is 19.3 Å². The maximum Gasteiger partial charge on any atom is 0.175 e. The summed E-state index contributed by atoms with van der Waals surface area (Å²) in [7, 11) is -3.41. The van der Waals surface area contributed by atoms with E-state index in [0.29, 0.717) is 6.10 Å². The van der Waals surface area contributed by atoms with Crippen molar-refractivity contribution in [3.05, 3.63) is 24.0 Å². The van der Waals surface area contributed by atoms with Gasteiger partial charge in [0.1, 0.15) is 0 Å². The smallest absolute Gasteiger partial charge is 0.175 e. The van der Waals surface area contributed by atoms with Crippen molar-refractivity contribution in [1.29, 1.82) is 0 Å². The molecule has 0 unspecified atom stereocenters. The summed E-state index contributed by atoms with van der Waals surface area (Å²) in [5.74, 6) is -0.508. The summed E-state index contributed by atoms with van der Waals surface area (Å²) in [4.78, 5) is -0.0311. The van der Waals surface area contributed by atoms with E-state index in [0.717, 1.165) is 63.9 Å². The van der Waals surface area contributed by atoms with Crippen molar-refractivity contribution < 1.29 is 22.3 Å². The molecule has 0 amide bonds. The summed E-state index contributed by atoms with van der Waals surface area (Å²) >= 11 is 0. The summed E-state index contributed by atoms with van der Waals surface area (Å²) in [6.45, 7) is 2.04. The molecule has 1 heterocycles. The third-order valence-electron chi connectivity index (χ3n) is 4.92. The van der Waals surface area contributed by atoms with E-state index in [2.05, 4.69) is 5.32 Å². The number of ether oxygens (including phenoxy) is 2. The number of rotatable bonds is 5. The zero-order valence-electron chi connectivity index (χ0n) is 14.9. The molecular formula is C18H27ClFNO4S. The minimum atomic E-state index is -3.41. The molecule has 0 spiro atoms. The van der Waals surface area contributed by atoms with Gasteiger partial charge >= 0.3 is 0 Å². The Morgan fingerprint density at radius 2 is 1.58 bits per heavy atom. The van der Waals surface area contributed by atoms with Crippen LogP contribution in [0, 0.1) is 5.82 Å². The third kappa shape index (κ3) is 5.81. The molecule has 5 nitrogen and oxygen atoms in total. The highest BCUT2D eigenvalue weighted by atomic mass is 35.5. The van der Waals surface area contributed by atoms with E-state index in [4.69, 9.17) is 9.47 Å². The van der Waals surface area contributed by atoms with E-state index in [-0.39, 0.29) is 35.3 Å². The first kappa shape index (κ1) is 21.4. The average molecular weight is 408 g/mol. The Balaban J connectivity index is 0.00000243. The fraction of sp³-hybridized carbons (Fsp3) is 0.667. The van der Waals surface area contributed by atoms with Gasteiger partial charge < -0.3 is 14.8 Å². The lowest BCUT2D eigenvalue weighted by Gasteiger charge is -2.33. The predicted molar refractivity (Wildman–Crippen MR) is 100 cm³/mol. The van der Waals surface area contributed by atoms with E-state index in [1.54, 1.807) is 0 Å². The van der Waals surface area contributed by atoms with Crippen molar-refractivity contribution in [1.82, 2.24) is 5.32 Å².